The summed E-state index contributed by atoms with van der Waals surface area (Å²) >= 11 is 0. The van der Waals surface area contributed by atoms with Crippen LogP contribution in [0.2, 0.25) is 0 Å². The lowest BCUT2D eigenvalue weighted by Gasteiger charge is -2.33. The van der Waals surface area contributed by atoms with Crippen molar-refractivity contribution in [1.82, 2.24) is 0 Å². The van der Waals surface area contributed by atoms with E-state index in [1.165, 1.54) is 24.3 Å². The van der Waals surface area contributed by atoms with E-state index in [1.54, 1.807) is 13.0 Å². The summed E-state index contributed by atoms with van der Waals surface area (Å²) in [5.41, 5.74) is 3.53. The molecule has 6 nitrogen and oxygen atoms in total. The normalized spacial score (nSPS) is 16.3. The van der Waals surface area contributed by atoms with E-state index in [0.717, 1.165) is 26.5 Å². The minimum Gasteiger partial charge on any atom is -0.269 e. The van der Waals surface area contributed by atoms with Gasteiger partial charge in [-0.2, -0.15) is 0 Å². The van der Waals surface area contributed by atoms with Crippen LogP contribution in [0.4, 0.5) is 11.4 Å². The van der Waals surface area contributed by atoms with Crippen molar-refractivity contribution in [2.45, 2.75) is 33.1 Å². The first-order chi connectivity index (χ1) is 14.6. The number of amides is 4. The molecule has 31 heavy (non-hydrogen) atoms. The Labute approximate surface area is 180 Å². The zero-order valence-corrected chi connectivity index (χ0v) is 17.8. The lowest BCUT2D eigenvalue weighted by Crippen LogP contribution is -2.36. The molecule has 0 N–H and O–H groups in total. The van der Waals surface area contributed by atoms with Crippen LogP contribution in [0.1, 0.15) is 36.1 Å². The van der Waals surface area contributed by atoms with Gasteiger partial charge in [-0.1, -0.05) is 44.2 Å². The summed E-state index contributed by atoms with van der Waals surface area (Å²) < 4.78 is 0. The fourth-order valence-corrected chi connectivity index (χ4v) is 4.26. The van der Waals surface area contributed by atoms with Crippen LogP contribution in [-0.2, 0) is 24.6 Å². The molecule has 0 saturated heterocycles. The SMILES string of the molecule is Cc1c(C(C)(C)c2ccccc2)cc(N2C(=O)C=CC2=O)c(N2C(=O)C=CC2=O)c1C. The number of carbonyl (C=O) groups excluding carboxylic acids is 4. The summed E-state index contributed by atoms with van der Waals surface area (Å²) in [6.07, 6.45) is 4.76. The summed E-state index contributed by atoms with van der Waals surface area (Å²) in [4.78, 5) is 52.1. The third-order valence-electron chi connectivity index (χ3n) is 6.10. The lowest BCUT2D eigenvalue weighted by molar-refractivity contribution is -0.122. The molecule has 0 fully saturated rings. The molecule has 2 heterocycles. The molecular weight excluding hydrogens is 392 g/mol. The van der Waals surface area contributed by atoms with Crippen molar-refractivity contribution in [3.05, 3.63) is 83.0 Å². The second-order valence-electron chi connectivity index (χ2n) is 8.22. The van der Waals surface area contributed by atoms with Crippen molar-refractivity contribution in [3.63, 3.8) is 0 Å². The van der Waals surface area contributed by atoms with Crippen LogP contribution in [0.5, 0.6) is 0 Å². The molecule has 2 aromatic rings. The van der Waals surface area contributed by atoms with E-state index in [-0.39, 0.29) is 11.4 Å². The molecule has 4 amide bonds. The van der Waals surface area contributed by atoms with Gasteiger partial charge < -0.3 is 0 Å². The number of hydrogen-bond acceptors (Lipinski definition) is 4. The minimum atomic E-state index is -0.509. The molecule has 6 heteroatoms. The van der Waals surface area contributed by atoms with Crippen molar-refractivity contribution >= 4 is 35.0 Å². The van der Waals surface area contributed by atoms with Crippen molar-refractivity contribution in [2.75, 3.05) is 9.80 Å². The average molecular weight is 414 g/mol. The summed E-state index contributed by atoms with van der Waals surface area (Å²) in [6.45, 7) is 7.85. The summed E-state index contributed by atoms with van der Waals surface area (Å²) in [5, 5.41) is 0. The number of anilines is 2. The molecular formula is C25H22N2O4. The molecule has 2 aliphatic rings. The Kier molecular flexibility index (Phi) is 4.73. The molecule has 0 saturated carbocycles. The van der Waals surface area contributed by atoms with E-state index >= 15 is 0 Å². The zero-order valence-electron chi connectivity index (χ0n) is 17.8. The summed E-state index contributed by atoms with van der Waals surface area (Å²) in [7, 11) is 0. The third kappa shape index (κ3) is 3.11. The van der Waals surface area contributed by atoms with Crippen LogP contribution >= 0.6 is 0 Å². The van der Waals surface area contributed by atoms with E-state index in [1.807, 2.05) is 37.3 Å². The predicted molar refractivity (Wildman–Crippen MR) is 118 cm³/mol. The molecule has 2 aliphatic heterocycles. The smallest absolute Gasteiger partial charge is 0.258 e. The Hall–Kier alpha value is -3.80. The number of hydrogen-bond donors (Lipinski definition) is 0. The van der Waals surface area contributed by atoms with Crippen molar-refractivity contribution in [3.8, 4) is 0 Å². The van der Waals surface area contributed by atoms with Gasteiger partial charge >= 0.3 is 0 Å². The van der Waals surface area contributed by atoms with E-state index in [9.17, 15) is 19.2 Å². The molecule has 0 atom stereocenters. The molecule has 2 aromatic carbocycles. The highest BCUT2D eigenvalue weighted by Gasteiger charge is 2.37. The second-order valence-corrected chi connectivity index (χ2v) is 8.22. The van der Waals surface area contributed by atoms with Crippen LogP contribution in [0.25, 0.3) is 0 Å². The quantitative estimate of drug-likeness (QED) is 0.718. The van der Waals surface area contributed by atoms with Gasteiger partial charge in [-0.3, -0.25) is 19.2 Å². The van der Waals surface area contributed by atoms with Crippen molar-refractivity contribution in [2.24, 2.45) is 0 Å². The zero-order chi connectivity index (χ0) is 22.5. The Bertz CT molecular complexity index is 1170. The highest BCUT2D eigenvalue weighted by Crippen LogP contribution is 2.44. The number of rotatable bonds is 4. The number of imide groups is 2. The van der Waals surface area contributed by atoms with Gasteiger partial charge in [0.15, 0.2) is 0 Å². The van der Waals surface area contributed by atoms with Crippen LogP contribution < -0.4 is 9.80 Å². The monoisotopic (exact) mass is 414 g/mol. The Morgan fingerprint density at radius 3 is 1.68 bits per heavy atom. The predicted octanol–water partition coefficient (Wildman–Crippen LogP) is 3.49. The van der Waals surface area contributed by atoms with Gasteiger partial charge in [-0.25, -0.2) is 9.80 Å². The van der Waals surface area contributed by atoms with Crippen molar-refractivity contribution in [1.29, 1.82) is 0 Å². The van der Waals surface area contributed by atoms with E-state index in [0.29, 0.717) is 5.56 Å². The summed E-state index contributed by atoms with van der Waals surface area (Å²) in [5.74, 6) is -2.03. The minimum absolute atomic E-state index is 0.229. The third-order valence-corrected chi connectivity index (χ3v) is 6.10. The molecule has 0 aliphatic carbocycles. The van der Waals surface area contributed by atoms with Gasteiger partial charge in [0.2, 0.25) is 0 Å². The maximum atomic E-state index is 12.6. The van der Waals surface area contributed by atoms with Gasteiger partial charge in [0.05, 0.1) is 11.4 Å². The highest BCUT2D eigenvalue weighted by atomic mass is 16.2. The van der Waals surface area contributed by atoms with Gasteiger partial charge in [0, 0.05) is 29.7 Å². The van der Waals surface area contributed by atoms with Crippen LogP contribution in [-0.4, -0.2) is 23.6 Å². The molecule has 156 valence electrons. The number of benzene rings is 2. The maximum Gasteiger partial charge on any atom is 0.258 e. The standard InChI is InChI=1S/C25H22N2O4/c1-15-16(2)24(27-22(30)12-13-23(27)31)19(26-20(28)10-11-21(26)29)14-18(15)25(3,4)17-8-6-5-7-9-17/h5-14H,1-4H3. The largest absolute Gasteiger partial charge is 0.269 e. The molecule has 0 spiro atoms. The fraction of sp³-hybridized carbons (Fsp3) is 0.200. The molecule has 0 aromatic heterocycles. The number of nitrogens with zero attached hydrogens (tertiary/aromatic N) is 2. The molecule has 4 rings (SSSR count). The number of carbonyl (C=O) groups is 4. The first-order valence-corrected chi connectivity index (χ1v) is 9.97. The molecule has 0 bridgehead atoms. The maximum absolute atomic E-state index is 12.6. The van der Waals surface area contributed by atoms with E-state index in [2.05, 4.69) is 13.8 Å². The Balaban J connectivity index is 2.01. The Morgan fingerprint density at radius 2 is 1.16 bits per heavy atom. The van der Waals surface area contributed by atoms with Gasteiger partial charge in [0.25, 0.3) is 23.6 Å². The van der Waals surface area contributed by atoms with Crippen LogP contribution in [0, 0.1) is 13.8 Å². The van der Waals surface area contributed by atoms with Crippen molar-refractivity contribution < 1.29 is 19.2 Å². The second kappa shape index (κ2) is 7.16. The highest BCUT2D eigenvalue weighted by molar-refractivity contribution is 6.33. The topological polar surface area (TPSA) is 74.8 Å². The van der Waals surface area contributed by atoms with E-state index in [4.69, 9.17) is 0 Å². The van der Waals surface area contributed by atoms with Gasteiger partial charge in [0.1, 0.15) is 0 Å². The first-order valence-electron chi connectivity index (χ1n) is 9.97. The van der Waals surface area contributed by atoms with Gasteiger partial charge in [-0.15, -0.1) is 0 Å². The van der Waals surface area contributed by atoms with Crippen LogP contribution in [0.15, 0.2) is 60.7 Å². The first kappa shape index (κ1) is 20.5. The summed E-state index contributed by atoms with van der Waals surface area (Å²) in [6, 6.07) is 11.7. The fourth-order valence-electron chi connectivity index (χ4n) is 4.26. The molecule has 0 unspecified atom stereocenters. The van der Waals surface area contributed by atoms with Gasteiger partial charge in [-0.05, 0) is 42.2 Å². The average Bonchev–Trinajstić information content (AvgIpc) is 3.25. The van der Waals surface area contributed by atoms with Crippen LogP contribution in [0.3, 0.4) is 0 Å². The lowest BCUT2D eigenvalue weighted by atomic mass is 9.75. The van der Waals surface area contributed by atoms with E-state index < -0.39 is 29.0 Å². The molecule has 0 radical (unpaired) electrons. The Morgan fingerprint density at radius 1 is 0.677 bits per heavy atom.